The van der Waals surface area contributed by atoms with Crippen molar-refractivity contribution in [2.24, 2.45) is 35.5 Å². The molecule has 0 heterocycles. The van der Waals surface area contributed by atoms with Gasteiger partial charge in [0.15, 0.2) is 0 Å². The minimum Gasteiger partial charge on any atom is -0.478 e. The second-order valence-electron chi connectivity index (χ2n) is 17.7. The fourth-order valence-electron chi connectivity index (χ4n) is 12.8. The summed E-state index contributed by atoms with van der Waals surface area (Å²) in [6, 6.07) is 25.9. The number of rotatable bonds is 10. The quantitative estimate of drug-likeness (QED) is 0.169. The van der Waals surface area contributed by atoms with Gasteiger partial charge < -0.3 is 24.4 Å². The van der Waals surface area contributed by atoms with E-state index in [1.54, 1.807) is 48.5 Å². The zero-order chi connectivity index (χ0) is 35.9. The van der Waals surface area contributed by atoms with Crippen LogP contribution in [-0.2, 0) is 10.8 Å². The van der Waals surface area contributed by atoms with Gasteiger partial charge in [0.2, 0.25) is 0 Å². The van der Waals surface area contributed by atoms with E-state index in [-0.39, 0.29) is 22.0 Å². The second-order valence-corrected chi connectivity index (χ2v) is 17.7. The van der Waals surface area contributed by atoms with Crippen LogP contribution in [0.2, 0.25) is 0 Å². The zero-order valence-corrected chi connectivity index (χ0v) is 30.0. The third kappa shape index (κ3) is 5.97. The molecule has 4 aromatic rings. The van der Waals surface area contributed by atoms with Crippen LogP contribution < -0.4 is 14.2 Å². The molecule has 0 saturated heterocycles. The normalized spacial score (nSPS) is 31.7. The summed E-state index contributed by atoms with van der Waals surface area (Å²) in [6.45, 7) is 0. The lowest BCUT2D eigenvalue weighted by Gasteiger charge is -2.57. The molecule has 2 N–H and O–H groups in total. The smallest absolute Gasteiger partial charge is 0.335 e. The van der Waals surface area contributed by atoms with Gasteiger partial charge >= 0.3 is 11.9 Å². The summed E-state index contributed by atoms with van der Waals surface area (Å²) < 4.78 is 20.0. The van der Waals surface area contributed by atoms with Crippen LogP contribution in [0.5, 0.6) is 34.5 Å². The van der Waals surface area contributed by atoms with Crippen molar-refractivity contribution in [1.82, 2.24) is 0 Å². The van der Waals surface area contributed by atoms with Crippen LogP contribution in [0.25, 0.3) is 0 Å². The SMILES string of the molecule is O=C(O)c1ccc(Oc2ccc(Oc3ccc(Oc4ccc(C(=O)O)cc4)c(C45CC6CC(CC(C6)C4)C5)c3)cc2C23CC4CC(CC(C4)C2)C3)cc1. The lowest BCUT2D eigenvalue weighted by atomic mass is 9.48. The zero-order valence-electron chi connectivity index (χ0n) is 30.0. The summed E-state index contributed by atoms with van der Waals surface area (Å²) in [6.07, 6.45) is 15.1. The van der Waals surface area contributed by atoms with E-state index in [0.29, 0.717) is 11.5 Å². The second kappa shape index (κ2) is 12.4. The highest BCUT2D eigenvalue weighted by Gasteiger charge is 2.54. The van der Waals surface area contributed by atoms with Crippen molar-refractivity contribution in [2.45, 2.75) is 87.9 Å². The molecule has 8 aliphatic carbocycles. The Balaban J connectivity index is 1.01. The van der Waals surface area contributed by atoms with Crippen LogP contribution in [-0.4, -0.2) is 22.2 Å². The van der Waals surface area contributed by atoms with Crippen molar-refractivity contribution < 1.29 is 34.0 Å². The molecule has 4 aromatic carbocycles. The first-order chi connectivity index (χ1) is 25.7. The molecule has 0 atom stereocenters. The van der Waals surface area contributed by atoms with Crippen LogP contribution in [0.3, 0.4) is 0 Å². The number of ether oxygens (including phenoxy) is 3. The number of carboxylic acids is 2. The Bertz CT molecular complexity index is 1860. The molecule has 8 fully saturated rings. The Morgan fingerprint density at radius 1 is 0.434 bits per heavy atom. The molecule has 8 aliphatic rings. The number of benzene rings is 4. The van der Waals surface area contributed by atoms with E-state index in [1.807, 2.05) is 24.3 Å². The summed E-state index contributed by atoms with van der Waals surface area (Å²) in [4.78, 5) is 23.0. The van der Waals surface area contributed by atoms with Crippen LogP contribution >= 0.6 is 0 Å². The van der Waals surface area contributed by atoms with Crippen molar-refractivity contribution in [2.75, 3.05) is 0 Å². The van der Waals surface area contributed by atoms with Gasteiger partial charge in [0, 0.05) is 11.1 Å². The highest BCUT2D eigenvalue weighted by atomic mass is 16.5. The number of carbonyl (C=O) groups is 2. The maximum Gasteiger partial charge on any atom is 0.335 e. The molecule has 0 aromatic heterocycles. The molecule has 0 spiro atoms. The average molecular weight is 711 g/mol. The van der Waals surface area contributed by atoms with E-state index in [0.717, 1.165) is 58.5 Å². The molecule has 0 aliphatic heterocycles. The number of carboxylic acid groups (broad SMARTS) is 2. The van der Waals surface area contributed by atoms with Gasteiger partial charge in [0.05, 0.1) is 11.1 Å². The molecule has 7 nitrogen and oxygen atoms in total. The largest absolute Gasteiger partial charge is 0.478 e. The highest BCUT2D eigenvalue weighted by molar-refractivity contribution is 5.88. The minimum atomic E-state index is -0.951. The summed E-state index contributed by atoms with van der Waals surface area (Å²) in [5.74, 6) is 7.11. The maximum absolute atomic E-state index is 11.5. The van der Waals surface area contributed by atoms with Gasteiger partial charge in [-0.1, -0.05) is 0 Å². The molecule has 0 radical (unpaired) electrons. The van der Waals surface area contributed by atoms with Gasteiger partial charge in [-0.25, -0.2) is 9.59 Å². The fourth-order valence-corrected chi connectivity index (χ4v) is 12.8. The highest BCUT2D eigenvalue weighted by Crippen LogP contribution is 2.64. The lowest BCUT2D eigenvalue weighted by Crippen LogP contribution is -2.48. The van der Waals surface area contributed by atoms with Crippen molar-refractivity contribution in [3.8, 4) is 34.5 Å². The Morgan fingerprint density at radius 2 is 0.736 bits per heavy atom. The van der Waals surface area contributed by atoms with E-state index in [4.69, 9.17) is 14.2 Å². The molecule has 53 heavy (non-hydrogen) atoms. The summed E-state index contributed by atoms with van der Waals surface area (Å²) >= 11 is 0. The molecule has 7 heteroatoms. The van der Waals surface area contributed by atoms with Gasteiger partial charge in [-0.15, -0.1) is 0 Å². The molecule has 8 bridgehead atoms. The fraction of sp³-hybridized carbons (Fsp3) is 0.435. The third-order valence-corrected chi connectivity index (χ3v) is 14.0. The van der Waals surface area contributed by atoms with E-state index in [2.05, 4.69) is 12.1 Å². The predicted molar refractivity (Wildman–Crippen MR) is 200 cm³/mol. The predicted octanol–water partition coefficient (Wildman–Crippen LogP) is 11.4. The molecule has 12 rings (SSSR count). The van der Waals surface area contributed by atoms with Gasteiger partial charge in [0.1, 0.15) is 34.5 Å². The van der Waals surface area contributed by atoms with Gasteiger partial charge in [-0.2, -0.15) is 0 Å². The van der Waals surface area contributed by atoms with E-state index >= 15 is 0 Å². The Labute approximate surface area is 310 Å². The van der Waals surface area contributed by atoms with Crippen LogP contribution in [0, 0.1) is 35.5 Å². The van der Waals surface area contributed by atoms with E-state index < -0.39 is 11.9 Å². The Hall–Kier alpha value is -4.78. The standard InChI is InChI=1S/C46H46O7/c47-43(48)33-1-5-35(6-2-33)52-41-11-9-37(19-39(41)45-21-27-13-28(22-45)15-29(14-27)23-45)51-38-10-12-42(53-36-7-3-34(4-8-36)44(49)50)40(20-38)46-24-30-16-31(25-46)18-32(17-30)26-46/h1-12,19-20,27-32H,13-18,21-26H2,(H,47,48)(H,49,50). The van der Waals surface area contributed by atoms with Crippen LogP contribution in [0.1, 0.15) is 109 Å². The third-order valence-electron chi connectivity index (χ3n) is 14.0. The van der Waals surface area contributed by atoms with Crippen molar-refractivity contribution >= 4 is 11.9 Å². The summed E-state index contributed by atoms with van der Waals surface area (Å²) in [5.41, 5.74) is 2.99. The Kier molecular flexibility index (Phi) is 7.68. The molecule has 272 valence electrons. The Morgan fingerprint density at radius 3 is 1.04 bits per heavy atom. The molecular formula is C46H46O7. The number of hydrogen-bond acceptors (Lipinski definition) is 5. The topological polar surface area (TPSA) is 102 Å². The first-order valence-electron chi connectivity index (χ1n) is 19.7. The number of aromatic carboxylic acids is 2. The minimum absolute atomic E-state index is 0.0443. The summed E-state index contributed by atoms with van der Waals surface area (Å²) in [5, 5.41) is 18.9. The first kappa shape index (κ1) is 32.8. The average Bonchev–Trinajstić information content (AvgIpc) is 3.12. The summed E-state index contributed by atoms with van der Waals surface area (Å²) in [7, 11) is 0. The molecule has 8 saturated carbocycles. The van der Waals surface area contributed by atoms with Crippen molar-refractivity contribution in [3.05, 3.63) is 107 Å². The molecule has 0 unspecified atom stereocenters. The monoisotopic (exact) mass is 710 g/mol. The van der Waals surface area contributed by atoms with Crippen LogP contribution in [0.4, 0.5) is 0 Å². The maximum atomic E-state index is 11.5. The first-order valence-corrected chi connectivity index (χ1v) is 19.7. The molecular weight excluding hydrogens is 664 g/mol. The van der Waals surface area contributed by atoms with Crippen molar-refractivity contribution in [1.29, 1.82) is 0 Å². The molecule has 0 amide bonds. The van der Waals surface area contributed by atoms with E-state index in [9.17, 15) is 19.8 Å². The van der Waals surface area contributed by atoms with Gasteiger partial charge in [-0.3, -0.25) is 0 Å². The van der Waals surface area contributed by atoms with Gasteiger partial charge in [-0.05, 0) is 208 Å². The van der Waals surface area contributed by atoms with Crippen molar-refractivity contribution in [3.63, 3.8) is 0 Å². The van der Waals surface area contributed by atoms with Gasteiger partial charge in [0.25, 0.3) is 0 Å². The van der Waals surface area contributed by atoms with E-state index in [1.165, 1.54) is 88.2 Å². The number of hydrogen-bond donors (Lipinski definition) is 2. The lowest BCUT2D eigenvalue weighted by molar-refractivity contribution is -0.00608. The van der Waals surface area contributed by atoms with Crippen LogP contribution in [0.15, 0.2) is 84.9 Å².